The van der Waals surface area contributed by atoms with Crippen molar-refractivity contribution in [3.8, 4) is 0 Å². The molecular formula is C31H35N3O. The third-order valence-electron chi connectivity index (χ3n) is 7.36. The van der Waals surface area contributed by atoms with Crippen LogP contribution in [-0.4, -0.2) is 22.6 Å². The molecule has 1 fully saturated rings. The molecule has 4 nitrogen and oxygen atoms in total. The quantitative estimate of drug-likeness (QED) is 0.357. The highest BCUT2D eigenvalue weighted by atomic mass is 16.1. The first-order chi connectivity index (χ1) is 17.1. The van der Waals surface area contributed by atoms with E-state index >= 15 is 0 Å². The normalized spacial score (nSPS) is 18.9. The van der Waals surface area contributed by atoms with Gasteiger partial charge in [-0.15, -0.1) is 0 Å². The molecule has 1 saturated carbocycles. The van der Waals surface area contributed by atoms with Crippen LogP contribution in [0.15, 0.2) is 85.1 Å². The molecule has 1 aliphatic rings. The molecule has 0 radical (unpaired) electrons. The fraction of sp³-hybridized carbons (Fsp3) is 0.323. The van der Waals surface area contributed by atoms with Gasteiger partial charge in [-0.1, -0.05) is 78.4 Å². The summed E-state index contributed by atoms with van der Waals surface area (Å²) in [5.74, 6) is 0.111. The lowest BCUT2D eigenvalue weighted by molar-refractivity contribution is -0.122. The number of benzene rings is 3. The second-order valence-electron chi connectivity index (χ2n) is 10.1. The average molecular weight is 466 g/mol. The Morgan fingerprint density at radius 1 is 0.971 bits per heavy atom. The molecule has 1 aliphatic carbocycles. The van der Waals surface area contributed by atoms with Gasteiger partial charge in [-0.3, -0.25) is 4.79 Å². The van der Waals surface area contributed by atoms with Crippen molar-refractivity contribution in [3.63, 3.8) is 0 Å². The number of carbonyl (C=O) groups is 1. The Kier molecular flexibility index (Phi) is 7.01. The van der Waals surface area contributed by atoms with Gasteiger partial charge in [0.1, 0.15) is 0 Å². The number of nitrogens with one attached hydrogen (secondary N) is 1. The maximum atomic E-state index is 13.3. The Labute approximate surface area is 208 Å². The molecule has 0 spiro atoms. The smallest absolute Gasteiger partial charge is 0.221 e. The molecule has 0 aliphatic heterocycles. The average Bonchev–Trinajstić information content (AvgIpc) is 3.23. The van der Waals surface area contributed by atoms with E-state index < -0.39 is 0 Å². The summed E-state index contributed by atoms with van der Waals surface area (Å²) in [5, 5.41) is 4.53. The number of aromatic nitrogens is 1. The predicted molar refractivity (Wildman–Crippen MR) is 143 cm³/mol. The number of para-hydroxylation sites is 1. The standard InChI is InChI=1S/C31H35N3O/c1-22-8-7-11-24(18-22)28(19-31(35)33-26-16-14-25(32)15-17-26)29-21-34(20-23-9-3-2-4-10-23)30-13-6-5-12-27(29)30/h2-13,18,21,25-26,28H,14-17,19-20,32H2,1H3,(H,33,35)/t25-,26-,28?. The highest BCUT2D eigenvalue weighted by Crippen LogP contribution is 2.35. The van der Waals surface area contributed by atoms with Crippen LogP contribution in [-0.2, 0) is 11.3 Å². The fourth-order valence-electron chi connectivity index (χ4n) is 5.49. The monoisotopic (exact) mass is 465 g/mol. The van der Waals surface area contributed by atoms with Gasteiger partial charge in [-0.05, 0) is 55.4 Å². The van der Waals surface area contributed by atoms with E-state index in [0.29, 0.717) is 6.42 Å². The summed E-state index contributed by atoms with van der Waals surface area (Å²) in [6.45, 7) is 2.92. The minimum atomic E-state index is -0.0114. The minimum Gasteiger partial charge on any atom is -0.353 e. The summed E-state index contributed by atoms with van der Waals surface area (Å²) in [5.41, 5.74) is 12.1. The summed E-state index contributed by atoms with van der Waals surface area (Å²) < 4.78 is 2.32. The maximum absolute atomic E-state index is 13.3. The SMILES string of the molecule is Cc1cccc(C(CC(=O)N[C@H]2CC[C@H](N)CC2)c2cn(Cc3ccccc3)c3ccccc23)c1. The van der Waals surface area contributed by atoms with Gasteiger partial charge in [-0.25, -0.2) is 0 Å². The molecule has 4 aromatic rings. The first-order valence-electron chi connectivity index (χ1n) is 12.8. The van der Waals surface area contributed by atoms with Crippen LogP contribution < -0.4 is 11.1 Å². The van der Waals surface area contributed by atoms with Gasteiger partial charge in [-0.2, -0.15) is 0 Å². The van der Waals surface area contributed by atoms with E-state index in [1.165, 1.54) is 33.2 Å². The molecule has 1 atom stereocenters. The number of nitrogens with zero attached hydrogens (tertiary/aromatic N) is 1. The van der Waals surface area contributed by atoms with E-state index in [0.717, 1.165) is 32.2 Å². The largest absolute Gasteiger partial charge is 0.353 e. The first kappa shape index (κ1) is 23.4. The lowest BCUT2D eigenvalue weighted by Gasteiger charge is -2.27. The second kappa shape index (κ2) is 10.5. The molecule has 0 bridgehead atoms. The number of aryl methyl sites for hydroxylation is 1. The van der Waals surface area contributed by atoms with Crippen molar-refractivity contribution < 1.29 is 4.79 Å². The molecule has 180 valence electrons. The van der Waals surface area contributed by atoms with Gasteiger partial charge >= 0.3 is 0 Å². The number of nitrogens with two attached hydrogens (primary N) is 1. The molecule has 1 unspecified atom stereocenters. The Balaban J connectivity index is 1.49. The molecule has 4 heteroatoms. The number of amides is 1. The summed E-state index contributed by atoms with van der Waals surface area (Å²) in [6, 6.07) is 28.2. The van der Waals surface area contributed by atoms with Crippen molar-refractivity contribution in [1.82, 2.24) is 9.88 Å². The molecule has 5 rings (SSSR count). The maximum Gasteiger partial charge on any atom is 0.221 e. The molecular weight excluding hydrogens is 430 g/mol. The van der Waals surface area contributed by atoms with E-state index in [4.69, 9.17) is 5.73 Å². The van der Waals surface area contributed by atoms with Crippen LogP contribution >= 0.6 is 0 Å². The molecule has 3 N–H and O–H groups in total. The Morgan fingerprint density at radius 3 is 2.49 bits per heavy atom. The molecule has 0 saturated heterocycles. The van der Waals surface area contributed by atoms with Crippen LogP contribution in [0.5, 0.6) is 0 Å². The van der Waals surface area contributed by atoms with E-state index in [1.54, 1.807) is 0 Å². The van der Waals surface area contributed by atoms with Crippen LogP contribution in [0.3, 0.4) is 0 Å². The van der Waals surface area contributed by atoms with Gasteiger partial charge in [0.15, 0.2) is 0 Å². The first-order valence-corrected chi connectivity index (χ1v) is 12.8. The van der Waals surface area contributed by atoms with Crippen molar-refractivity contribution in [2.75, 3.05) is 0 Å². The predicted octanol–water partition coefficient (Wildman–Crippen LogP) is 5.91. The molecule has 1 heterocycles. The van der Waals surface area contributed by atoms with Crippen LogP contribution in [0.25, 0.3) is 10.9 Å². The number of hydrogen-bond acceptors (Lipinski definition) is 2. The third kappa shape index (κ3) is 5.49. The molecule has 1 amide bonds. The van der Waals surface area contributed by atoms with Gasteiger partial charge in [0.25, 0.3) is 0 Å². The van der Waals surface area contributed by atoms with Crippen molar-refractivity contribution in [2.24, 2.45) is 5.73 Å². The zero-order valence-corrected chi connectivity index (χ0v) is 20.5. The summed E-state index contributed by atoms with van der Waals surface area (Å²) in [7, 11) is 0. The zero-order chi connectivity index (χ0) is 24.2. The molecule has 1 aromatic heterocycles. The lowest BCUT2D eigenvalue weighted by atomic mass is 9.86. The highest BCUT2D eigenvalue weighted by molar-refractivity contribution is 5.87. The van der Waals surface area contributed by atoms with Crippen molar-refractivity contribution in [1.29, 1.82) is 0 Å². The van der Waals surface area contributed by atoms with Crippen molar-refractivity contribution in [3.05, 3.63) is 107 Å². The van der Waals surface area contributed by atoms with Crippen molar-refractivity contribution in [2.45, 2.75) is 63.6 Å². The van der Waals surface area contributed by atoms with Crippen LogP contribution in [0, 0.1) is 6.92 Å². The summed E-state index contributed by atoms with van der Waals surface area (Å²) >= 11 is 0. The number of fused-ring (bicyclic) bond motifs is 1. The number of rotatable bonds is 7. The van der Waals surface area contributed by atoms with Crippen LogP contribution in [0.4, 0.5) is 0 Å². The Bertz CT molecular complexity index is 1290. The lowest BCUT2D eigenvalue weighted by Crippen LogP contribution is -2.40. The van der Waals surface area contributed by atoms with Gasteiger partial charge in [0.2, 0.25) is 5.91 Å². The minimum absolute atomic E-state index is 0.0114. The second-order valence-corrected chi connectivity index (χ2v) is 10.1. The molecule has 3 aromatic carbocycles. The topological polar surface area (TPSA) is 60.1 Å². The van der Waals surface area contributed by atoms with E-state index in [2.05, 4.69) is 102 Å². The summed E-state index contributed by atoms with van der Waals surface area (Å²) in [4.78, 5) is 13.3. The van der Waals surface area contributed by atoms with Crippen LogP contribution in [0.2, 0.25) is 0 Å². The van der Waals surface area contributed by atoms with Gasteiger partial charge < -0.3 is 15.6 Å². The number of hydrogen-bond donors (Lipinski definition) is 2. The third-order valence-corrected chi connectivity index (χ3v) is 7.36. The molecule has 35 heavy (non-hydrogen) atoms. The Morgan fingerprint density at radius 2 is 1.71 bits per heavy atom. The van der Waals surface area contributed by atoms with Gasteiger partial charge in [0.05, 0.1) is 0 Å². The van der Waals surface area contributed by atoms with Crippen LogP contribution in [0.1, 0.15) is 60.3 Å². The highest BCUT2D eigenvalue weighted by Gasteiger charge is 2.25. The van der Waals surface area contributed by atoms with E-state index in [1.807, 2.05) is 0 Å². The van der Waals surface area contributed by atoms with Crippen molar-refractivity contribution >= 4 is 16.8 Å². The fourth-order valence-corrected chi connectivity index (χ4v) is 5.49. The van der Waals surface area contributed by atoms with Gasteiger partial charge in [0, 0.05) is 48.1 Å². The Hall–Kier alpha value is -3.37. The summed E-state index contributed by atoms with van der Waals surface area (Å²) in [6.07, 6.45) is 6.61. The van der Waals surface area contributed by atoms with E-state index in [9.17, 15) is 4.79 Å². The van der Waals surface area contributed by atoms with E-state index in [-0.39, 0.29) is 23.9 Å². The number of carbonyl (C=O) groups excluding carboxylic acids is 1. The zero-order valence-electron chi connectivity index (χ0n) is 20.5.